The second-order valence-electron chi connectivity index (χ2n) is 4.76. The van der Waals surface area contributed by atoms with Crippen LogP contribution in [0.4, 0.5) is 11.4 Å². The van der Waals surface area contributed by atoms with Gasteiger partial charge in [-0.1, -0.05) is 60.7 Å². The molecule has 0 aromatic heterocycles. The molecular weight excluding hydrogens is 244 g/mol. The highest BCUT2D eigenvalue weighted by molar-refractivity contribution is 5.88. The van der Waals surface area contributed by atoms with Crippen molar-refractivity contribution in [3.63, 3.8) is 0 Å². The number of anilines is 2. The molecule has 0 atom stereocenters. The molecule has 0 bridgehead atoms. The van der Waals surface area contributed by atoms with Crippen molar-refractivity contribution in [2.45, 2.75) is 0 Å². The van der Waals surface area contributed by atoms with Crippen molar-refractivity contribution < 1.29 is 0 Å². The van der Waals surface area contributed by atoms with E-state index in [9.17, 15) is 0 Å². The zero-order chi connectivity index (χ0) is 13.9. The molecule has 0 aliphatic heterocycles. The van der Waals surface area contributed by atoms with Crippen molar-refractivity contribution in [3.8, 4) is 22.3 Å². The number of nitrogens with two attached hydrogens (primary N) is 2. The first kappa shape index (κ1) is 12.3. The molecule has 98 valence electrons. The Labute approximate surface area is 118 Å². The van der Waals surface area contributed by atoms with Gasteiger partial charge in [0.1, 0.15) is 0 Å². The van der Waals surface area contributed by atoms with Crippen molar-refractivity contribution >= 4 is 11.4 Å². The summed E-state index contributed by atoms with van der Waals surface area (Å²) in [5, 5.41) is 0. The highest BCUT2D eigenvalue weighted by Gasteiger charge is 2.09. The fourth-order valence-electron chi connectivity index (χ4n) is 2.37. The number of hydrogen-bond donors (Lipinski definition) is 2. The third kappa shape index (κ3) is 2.24. The third-order valence-corrected chi connectivity index (χ3v) is 3.39. The minimum absolute atomic E-state index is 0.702. The molecule has 0 radical (unpaired) electrons. The molecule has 0 fully saturated rings. The molecule has 20 heavy (non-hydrogen) atoms. The van der Waals surface area contributed by atoms with Gasteiger partial charge in [0.2, 0.25) is 0 Å². The monoisotopic (exact) mass is 260 g/mol. The van der Waals surface area contributed by atoms with E-state index in [2.05, 4.69) is 30.3 Å². The zero-order valence-corrected chi connectivity index (χ0v) is 11.1. The predicted molar refractivity (Wildman–Crippen MR) is 86.1 cm³/mol. The van der Waals surface area contributed by atoms with E-state index in [-0.39, 0.29) is 0 Å². The molecule has 0 saturated carbocycles. The summed E-state index contributed by atoms with van der Waals surface area (Å²) in [7, 11) is 0. The van der Waals surface area contributed by atoms with E-state index < -0.39 is 0 Å². The Kier molecular flexibility index (Phi) is 3.13. The molecule has 0 heterocycles. The molecular formula is C18H16N2. The van der Waals surface area contributed by atoms with Crippen molar-refractivity contribution in [2.24, 2.45) is 0 Å². The molecule has 0 aliphatic carbocycles. The molecule has 0 amide bonds. The van der Waals surface area contributed by atoms with Gasteiger partial charge >= 0.3 is 0 Å². The minimum Gasteiger partial charge on any atom is -0.398 e. The maximum Gasteiger partial charge on any atom is 0.0414 e. The Morgan fingerprint density at radius 1 is 0.500 bits per heavy atom. The van der Waals surface area contributed by atoms with Gasteiger partial charge < -0.3 is 11.5 Å². The molecule has 3 aromatic rings. The normalized spacial score (nSPS) is 10.4. The number of benzene rings is 3. The Bertz CT molecular complexity index is 658. The summed E-state index contributed by atoms with van der Waals surface area (Å²) in [5.74, 6) is 0. The van der Waals surface area contributed by atoms with Crippen molar-refractivity contribution in [1.82, 2.24) is 0 Å². The first-order chi connectivity index (χ1) is 9.75. The van der Waals surface area contributed by atoms with E-state index in [0.717, 1.165) is 22.3 Å². The van der Waals surface area contributed by atoms with Gasteiger partial charge in [0.05, 0.1) is 0 Å². The maximum atomic E-state index is 6.12. The number of nitrogen functional groups attached to an aromatic ring is 2. The second kappa shape index (κ2) is 5.10. The molecule has 3 aromatic carbocycles. The van der Waals surface area contributed by atoms with E-state index in [4.69, 9.17) is 11.5 Å². The second-order valence-corrected chi connectivity index (χ2v) is 4.76. The summed E-state index contributed by atoms with van der Waals surface area (Å²) < 4.78 is 0. The van der Waals surface area contributed by atoms with E-state index >= 15 is 0 Å². The third-order valence-electron chi connectivity index (χ3n) is 3.39. The first-order valence-electron chi connectivity index (χ1n) is 6.55. The Hall–Kier alpha value is -2.74. The largest absolute Gasteiger partial charge is 0.398 e. The Morgan fingerprint density at radius 2 is 0.900 bits per heavy atom. The fraction of sp³-hybridized carbons (Fsp3) is 0. The van der Waals surface area contributed by atoms with Crippen LogP contribution in [0.5, 0.6) is 0 Å². The van der Waals surface area contributed by atoms with E-state index in [0.29, 0.717) is 11.4 Å². The average molecular weight is 260 g/mol. The van der Waals surface area contributed by atoms with Gasteiger partial charge in [-0.05, 0) is 23.3 Å². The minimum atomic E-state index is 0.702. The zero-order valence-electron chi connectivity index (χ0n) is 11.1. The quantitative estimate of drug-likeness (QED) is 0.679. The lowest BCUT2D eigenvalue weighted by molar-refractivity contribution is 1.58. The Balaban J connectivity index is 2.19. The standard InChI is InChI=1S/C18H16N2/c19-17-12-18(20)16(14-9-5-2-6-10-14)11-15(17)13-7-3-1-4-8-13/h1-12H,19-20H2. The van der Waals surface area contributed by atoms with Gasteiger partial charge in [0.25, 0.3) is 0 Å². The van der Waals surface area contributed by atoms with Crippen molar-refractivity contribution in [3.05, 3.63) is 72.8 Å². The summed E-state index contributed by atoms with van der Waals surface area (Å²) in [4.78, 5) is 0. The number of rotatable bonds is 2. The summed E-state index contributed by atoms with van der Waals surface area (Å²) in [6.45, 7) is 0. The lowest BCUT2D eigenvalue weighted by Crippen LogP contribution is -1.96. The van der Waals surface area contributed by atoms with Gasteiger partial charge in [-0.3, -0.25) is 0 Å². The molecule has 0 spiro atoms. The van der Waals surface area contributed by atoms with Gasteiger partial charge in [0, 0.05) is 22.5 Å². The van der Waals surface area contributed by atoms with Crippen LogP contribution in [0.1, 0.15) is 0 Å². The van der Waals surface area contributed by atoms with Gasteiger partial charge in [-0.15, -0.1) is 0 Å². The van der Waals surface area contributed by atoms with Crippen LogP contribution in [0.3, 0.4) is 0 Å². The average Bonchev–Trinajstić information content (AvgIpc) is 2.49. The molecule has 0 unspecified atom stereocenters. The van der Waals surface area contributed by atoms with Crippen molar-refractivity contribution in [2.75, 3.05) is 11.5 Å². The highest BCUT2D eigenvalue weighted by Crippen LogP contribution is 2.35. The fourth-order valence-corrected chi connectivity index (χ4v) is 2.37. The lowest BCUT2D eigenvalue weighted by Gasteiger charge is -2.12. The van der Waals surface area contributed by atoms with Crippen LogP contribution in [-0.2, 0) is 0 Å². The maximum absolute atomic E-state index is 6.12. The van der Waals surface area contributed by atoms with Gasteiger partial charge in [-0.25, -0.2) is 0 Å². The SMILES string of the molecule is Nc1cc(N)c(-c2ccccc2)cc1-c1ccccc1. The summed E-state index contributed by atoms with van der Waals surface area (Å²) in [6.07, 6.45) is 0. The molecule has 2 nitrogen and oxygen atoms in total. The summed E-state index contributed by atoms with van der Waals surface area (Å²) in [6, 6.07) is 24.1. The first-order valence-corrected chi connectivity index (χ1v) is 6.55. The predicted octanol–water partition coefficient (Wildman–Crippen LogP) is 4.19. The van der Waals surface area contributed by atoms with Crippen LogP contribution in [0, 0.1) is 0 Å². The van der Waals surface area contributed by atoms with Gasteiger partial charge in [-0.2, -0.15) is 0 Å². The van der Waals surface area contributed by atoms with Crippen LogP contribution in [0.25, 0.3) is 22.3 Å². The van der Waals surface area contributed by atoms with Crippen LogP contribution < -0.4 is 11.5 Å². The number of hydrogen-bond acceptors (Lipinski definition) is 2. The molecule has 0 aliphatic rings. The lowest BCUT2D eigenvalue weighted by atomic mass is 9.96. The van der Waals surface area contributed by atoms with Crippen LogP contribution in [0.15, 0.2) is 72.8 Å². The van der Waals surface area contributed by atoms with Crippen LogP contribution in [-0.4, -0.2) is 0 Å². The molecule has 2 heteroatoms. The van der Waals surface area contributed by atoms with Crippen LogP contribution >= 0.6 is 0 Å². The topological polar surface area (TPSA) is 52.0 Å². The summed E-state index contributed by atoms with van der Waals surface area (Å²) >= 11 is 0. The highest BCUT2D eigenvalue weighted by atomic mass is 14.6. The Morgan fingerprint density at radius 3 is 1.30 bits per heavy atom. The van der Waals surface area contributed by atoms with E-state index in [1.54, 1.807) is 0 Å². The van der Waals surface area contributed by atoms with Crippen LogP contribution in [0.2, 0.25) is 0 Å². The van der Waals surface area contributed by atoms with E-state index in [1.165, 1.54) is 0 Å². The molecule has 3 rings (SSSR count). The van der Waals surface area contributed by atoms with Crippen molar-refractivity contribution in [1.29, 1.82) is 0 Å². The molecule has 0 saturated heterocycles. The summed E-state index contributed by atoms with van der Waals surface area (Å²) in [5.41, 5.74) is 17.9. The van der Waals surface area contributed by atoms with E-state index in [1.807, 2.05) is 42.5 Å². The smallest absolute Gasteiger partial charge is 0.0414 e. The van der Waals surface area contributed by atoms with Gasteiger partial charge in [0.15, 0.2) is 0 Å². The molecule has 4 N–H and O–H groups in total.